The summed E-state index contributed by atoms with van der Waals surface area (Å²) in [4.78, 5) is 34.9. The lowest BCUT2D eigenvalue weighted by Crippen LogP contribution is -2.61. The summed E-state index contributed by atoms with van der Waals surface area (Å²) in [7, 11) is 0. The number of carbonyl (C=O) groups is 2. The zero-order chi connectivity index (χ0) is 40.4. The second-order valence-electron chi connectivity index (χ2n) is 18.7. The van der Waals surface area contributed by atoms with E-state index in [0.717, 1.165) is 129 Å². The quantitative estimate of drug-likeness (QED) is 0.196. The Kier molecular flexibility index (Phi) is 16.9. The molecular formula is C44H72F4N4O6. The maximum atomic E-state index is 12.6. The third kappa shape index (κ3) is 11.9. The van der Waals surface area contributed by atoms with Crippen molar-refractivity contribution < 1.29 is 46.1 Å². The van der Waals surface area contributed by atoms with Gasteiger partial charge in [-0.1, -0.05) is 25.7 Å². The molecule has 0 bridgehead atoms. The summed E-state index contributed by atoms with van der Waals surface area (Å²) in [6, 6.07) is 2.53. The first-order valence-corrected chi connectivity index (χ1v) is 23.3. The Morgan fingerprint density at radius 1 is 0.483 bits per heavy atom. The molecule has 8 rings (SSSR count). The molecule has 0 unspecified atom stereocenters. The molecule has 332 valence electrons. The molecule has 10 nitrogen and oxygen atoms in total. The SMILES string of the molecule is O=C1CO[C@H]2CCCC[C@@H]2N1C1CCN(C2CCC(COCC(F)F)CC2)CC1.O=C1CO[C@H]2CCCC[C@@H]2N1C1CCN(C2CCC(COCC(F)F)CC2)CC1. The Morgan fingerprint density at radius 3 is 1.21 bits per heavy atom. The van der Waals surface area contributed by atoms with Crippen LogP contribution in [0.1, 0.15) is 128 Å². The molecule has 14 heteroatoms. The number of hydrogen-bond donors (Lipinski definition) is 0. The minimum absolute atomic E-state index is 0.191. The van der Waals surface area contributed by atoms with E-state index in [-0.39, 0.29) is 37.2 Å². The molecule has 4 aliphatic carbocycles. The molecule has 0 spiro atoms. The van der Waals surface area contributed by atoms with Gasteiger partial charge in [0, 0.05) is 63.6 Å². The van der Waals surface area contributed by atoms with Crippen LogP contribution in [0.15, 0.2) is 0 Å². The normalized spacial score (nSPS) is 35.1. The van der Waals surface area contributed by atoms with E-state index in [0.29, 0.717) is 61.3 Å². The molecule has 58 heavy (non-hydrogen) atoms. The van der Waals surface area contributed by atoms with Crippen LogP contribution >= 0.6 is 0 Å². The molecule has 4 saturated heterocycles. The number of nitrogens with zero attached hydrogens (tertiary/aromatic N) is 4. The van der Waals surface area contributed by atoms with Crippen molar-refractivity contribution in [3.05, 3.63) is 0 Å². The Labute approximate surface area is 344 Å². The van der Waals surface area contributed by atoms with Gasteiger partial charge in [0.25, 0.3) is 12.9 Å². The van der Waals surface area contributed by atoms with Crippen LogP contribution in [0, 0.1) is 11.8 Å². The minimum atomic E-state index is -2.37. The first-order valence-electron chi connectivity index (χ1n) is 23.3. The van der Waals surface area contributed by atoms with Crippen molar-refractivity contribution >= 4 is 11.8 Å². The number of rotatable bonds is 12. The summed E-state index contributed by atoms with van der Waals surface area (Å²) in [5.41, 5.74) is 0. The molecule has 0 radical (unpaired) electrons. The van der Waals surface area contributed by atoms with E-state index in [1.807, 2.05) is 0 Å². The van der Waals surface area contributed by atoms with Crippen LogP contribution < -0.4 is 0 Å². The molecule has 4 heterocycles. The number of morpholine rings is 2. The Balaban J connectivity index is 0.000000177. The van der Waals surface area contributed by atoms with Crippen LogP contribution in [-0.2, 0) is 28.5 Å². The molecule has 8 fully saturated rings. The van der Waals surface area contributed by atoms with Gasteiger partial charge in [0.2, 0.25) is 11.8 Å². The fraction of sp³-hybridized carbons (Fsp3) is 0.955. The molecule has 4 aliphatic heterocycles. The van der Waals surface area contributed by atoms with Crippen LogP contribution in [0.2, 0.25) is 0 Å². The van der Waals surface area contributed by atoms with Gasteiger partial charge in [-0.3, -0.25) is 9.59 Å². The topological polar surface area (TPSA) is 84.0 Å². The number of carbonyl (C=O) groups excluding carboxylic acids is 2. The molecule has 0 N–H and O–H groups in total. The van der Waals surface area contributed by atoms with Gasteiger partial charge >= 0.3 is 0 Å². The van der Waals surface area contributed by atoms with Crippen LogP contribution in [0.5, 0.6) is 0 Å². The Hall–Kier alpha value is -1.58. The summed E-state index contributed by atoms with van der Waals surface area (Å²) >= 11 is 0. The summed E-state index contributed by atoms with van der Waals surface area (Å²) in [5, 5.41) is 0. The van der Waals surface area contributed by atoms with Crippen molar-refractivity contribution in [1.82, 2.24) is 19.6 Å². The molecule has 8 aliphatic rings. The molecule has 0 aromatic carbocycles. The van der Waals surface area contributed by atoms with E-state index in [9.17, 15) is 27.2 Å². The highest BCUT2D eigenvalue weighted by Crippen LogP contribution is 2.37. The van der Waals surface area contributed by atoms with Crippen LogP contribution in [0.25, 0.3) is 0 Å². The fourth-order valence-electron chi connectivity index (χ4n) is 12.1. The highest BCUT2D eigenvalue weighted by molar-refractivity contribution is 5.79. The maximum absolute atomic E-state index is 12.6. The standard InChI is InChI=1S/2C22H36F2N2O3/c2*23-21(24)14-28-13-16-5-7-17(8-6-16)25-11-9-18(10-12-25)26-19-3-1-2-4-20(19)29-15-22(26)27/h2*16-21H,1-15H2/t2*16?,17?,19-,20-/m00/s1. The zero-order valence-corrected chi connectivity index (χ0v) is 34.9. The van der Waals surface area contributed by atoms with Gasteiger partial charge < -0.3 is 38.5 Å². The number of halogens is 4. The van der Waals surface area contributed by atoms with Gasteiger partial charge in [-0.15, -0.1) is 0 Å². The Morgan fingerprint density at radius 2 is 0.845 bits per heavy atom. The predicted molar refractivity (Wildman–Crippen MR) is 212 cm³/mol. The fourth-order valence-corrected chi connectivity index (χ4v) is 12.1. The van der Waals surface area contributed by atoms with E-state index in [4.69, 9.17) is 18.9 Å². The van der Waals surface area contributed by atoms with Gasteiger partial charge in [-0.2, -0.15) is 0 Å². The number of likely N-dealkylation sites (tertiary alicyclic amines) is 2. The predicted octanol–water partition coefficient (Wildman–Crippen LogP) is 6.92. The molecular weight excluding hydrogens is 756 g/mol. The van der Waals surface area contributed by atoms with Gasteiger partial charge in [-0.25, -0.2) is 17.6 Å². The number of alkyl halides is 4. The lowest BCUT2D eigenvalue weighted by atomic mass is 9.84. The van der Waals surface area contributed by atoms with Gasteiger partial charge in [0.15, 0.2) is 0 Å². The highest BCUT2D eigenvalue weighted by Gasteiger charge is 2.44. The summed E-state index contributed by atoms with van der Waals surface area (Å²) in [6.45, 7) is 4.84. The first kappa shape index (κ1) is 44.5. The van der Waals surface area contributed by atoms with Gasteiger partial charge in [0.1, 0.15) is 26.4 Å². The van der Waals surface area contributed by atoms with Gasteiger partial charge in [0.05, 0.1) is 24.3 Å². The van der Waals surface area contributed by atoms with Crippen molar-refractivity contribution in [2.45, 2.75) is 190 Å². The van der Waals surface area contributed by atoms with Crippen LogP contribution in [-0.4, -0.2) is 159 Å². The third-order valence-electron chi connectivity index (χ3n) is 15.1. The third-order valence-corrected chi connectivity index (χ3v) is 15.1. The monoisotopic (exact) mass is 829 g/mol. The van der Waals surface area contributed by atoms with Crippen molar-refractivity contribution in [1.29, 1.82) is 0 Å². The average Bonchev–Trinajstić information content (AvgIpc) is 3.24. The van der Waals surface area contributed by atoms with E-state index in [1.165, 1.54) is 25.7 Å². The summed E-state index contributed by atoms with van der Waals surface area (Å²) < 4.78 is 70.8. The molecule has 2 amide bonds. The maximum Gasteiger partial charge on any atom is 0.261 e. The molecule has 4 saturated carbocycles. The van der Waals surface area contributed by atoms with E-state index in [2.05, 4.69) is 19.6 Å². The second-order valence-corrected chi connectivity index (χ2v) is 18.7. The lowest BCUT2D eigenvalue weighted by Gasteiger charge is -2.50. The minimum Gasteiger partial charge on any atom is -0.375 e. The van der Waals surface area contributed by atoms with E-state index < -0.39 is 26.1 Å². The smallest absolute Gasteiger partial charge is 0.261 e. The van der Waals surface area contributed by atoms with E-state index >= 15 is 0 Å². The number of hydrogen-bond acceptors (Lipinski definition) is 8. The number of fused-ring (bicyclic) bond motifs is 2. The summed E-state index contributed by atoms with van der Waals surface area (Å²) in [6.07, 6.45) is 18.1. The molecule has 4 atom stereocenters. The largest absolute Gasteiger partial charge is 0.375 e. The first-order chi connectivity index (χ1) is 28.2. The molecule has 0 aromatic rings. The van der Waals surface area contributed by atoms with Gasteiger partial charge in [-0.05, 0) is 115 Å². The highest BCUT2D eigenvalue weighted by atomic mass is 19.3. The Bertz CT molecular complexity index is 1160. The molecule has 0 aromatic heterocycles. The van der Waals surface area contributed by atoms with Crippen molar-refractivity contribution in [3.8, 4) is 0 Å². The number of piperidine rings is 2. The second kappa shape index (κ2) is 22.0. The van der Waals surface area contributed by atoms with E-state index in [1.54, 1.807) is 0 Å². The van der Waals surface area contributed by atoms with Crippen LogP contribution in [0.3, 0.4) is 0 Å². The summed E-state index contributed by atoms with van der Waals surface area (Å²) in [5.74, 6) is 1.24. The van der Waals surface area contributed by atoms with Crippen molar-refractivity contribution in [2.24, 2.45) is 11.8 Å². The van der Waals surface area contributed by atoms with Crippen molar-refractivity contribution in [2.75, 3.05) is 65.8 Å². The van der Waals surface area contributed by atoms with Crippen LogP contribution in [0.4, 0.5) is 17.6 Å². The number of ether oxygens (including phenoxy) is 4. The van der Waals surface area contributed by atoms with Crippen molar-refractivity contribution in [3.63, 3.8) is 0 Å². The number of amides is 2. The zero-order valence-electron chi connectivity index (χ0n) is 34.9. The lowest BCUT2D eigenvalue weighted by molar-refractivity contribution is -0.167. The average molecular weight is 829 g/mol.